The van der Waals surface area contributed by atoms with Crippen molar-refractivity contribution in [2.75, 3.05) is 46.8 Å². The molecule has 8 heteroatoms. The van der Waals surface area contributed by atoms with Gasteiger partial charge in [-0.15, -0.1) is 6.58 Å². The molecule has 0 aromatic carbocycles. The first-order valence-electron chi connectivity index (χ1n) is 8.39. The second-order valence-electron chi connectivity index (χ2n) is 6.57. The molecule has 0 aliphatic carbocycles. The Bertz CT molecular complexity index is 744. The lowest BCUT2D eigenvalue weighted by molar-refractivity contribution is 0.0899. The van der Waals surface area contributed by atoms with Gasteiger partial charge in [-0.1, -0.05) is 6.08 Å². The third-order valence-electron chi connectivity index (χ3n) is 4.67. The topological polar surface area (TPSA) is 65.9 Å². The Labute approximate surface area is 150 Å². The molecule has 1 aliphatic heterocycles. The van der Waals surface area contributed by atoms with E-state index in [1.165, 1.54) is 22.7 Å². The van der Waals surface area contributed by atoms with Crippen molar-refractivity contribution in [3.63, 3.8) is 0 Å². The van der Waals surface area contributed by atoms with E-state index < -0.39 is 10.2 Å². The average molecular weight is 369 g/mol. The van der Waals surface area contributed by atoms with E-state index in [1.807, 2.05) is 30.9 Å². The van der Waals surface area contributed by atoms with Crippen LogP contribution < -0.4 is 0 Å². The zero-order valence-corrected chi connectivity index (χ0v) is 16.3. The fourth-order valence-corrected chi connectivity index (χ4v) is 4.22. The number of rotatable bonds is 7. The fraction of sp³-hybridized carbons (Fsp3) is 0.588. The summed E-state index contributed by atoms with van der Waals surface area (Å²) >= 11 is 0. The molecular formula is C17H28N4O3S. The first kappa shape index (κ1) is 19.8. The second-order valence-corrected chi connectivity index (χ2v) is 8.71. The van der Waals surface area contributed by atoms with Crippen LogP contribution in [-0.2, 0) is 16.8 Å². The molecule has 0 spiro atoms. The van der Waals surface area contributed by atoms with E-state index in [2.05, 4.69) is 11.1 Å². The summed E-state index contributed by atoms with van der Waals surface area (Å²) in [5, 5.41) is 0. The van der Waals surface area contributed by atoms with E-state index in [1.54, 1.807) is 0 Å². The minimum Gasteiger partial charge on any atom is -0.345 e. The molecule has 0 unspecified atom stereocenters. The summed E-state index contributed by atoms with van der Waals surface area (Å²) in [7, 11) is -0.313. The van der Waals surface area contributed by atoms with Crippen LogP contribution in [0.25, 0.3) is 0 Å². The molecule has 1 aromatic rings. The molecule has 0 saturated carbocycles. The van der Waals surface area contributed by atoms with Gasteiger partial charge in [-0.25, -0.2) is 0 Å². The lowest BCUT2D eigenvalue weighted by atomic mass is 10.1. The molecule has 1 saturated heterocycles. The van der Waals surface area contributed by atoms with Gasteiger partial charge in [0.15, 0.2) is 5.78 Å². The van der Waals surface area contributed by atoms with E-state index in [0.29, 0.717) is 39.3 Å². The smallest absolute Gasteiger partial charge is 0.281 e. The molecule has 25 heavy (non-hydrogen) atoms. The van der Waals surface area contributed by atoms with Gasteiger partial charge >= 0.3 is 0 Å². The van der Waals surface area contributed by atoms with Crippen molar-refractivity contribution in [1.82, 2.24) is 18.1 Å². The Morgan fingerprint density at radius 2 is 1.84 bits per heavy atom. The summed E-state index contributed by atoms with van der Waals surface area (Å²) in [5.41, 5.74) is 2.74. The Morgan fingerprint density at radius 1 is 1.24 bits per heavy atom. The van der Waals surface area contributed by atoms with Gasteiger partial charge in [0.1, 0.15) is 0 Å². The summed E-state index contributed by atoms with van der Waals surface area (Å²) in [5.74, 6) is 0.0762. The third-order valence-corrected chi connectivity index (χ3v) is 6.61. The molecule has 1 fully saturated rings. The SMILES string of the molecule is C=CCn1c(C)cc(C(=O)CN2CCN(S(=O)(=O)N(C)C)CC2)c1C. The monoisotopic (exact) mass is 368 g/mol. The Hall–Kier alpha value is -1.48. The Balaban J connectivity index is 2.00. The zero-order chi connectivity index (χ0) is 18.8. The standard InChI is InChI=1S/C17H28N4O3S/c1-6-7-21-14(2)12-16(15(21)3)17(22)13-19-8-10-20(11-9-19)25(23,24)18(4)5/h6,12H,1,7-11,13H2,2-5H3. The fourth-order valence-electron chi connectivity index (χ4n) is 3.13. The molecule has 2 rings (SSSR count). The average Bonchev–Trinajstić information content (AvgIpc) is 2.84. The summed E-state index contributed by atoms with van der Waals surface area (Å²) in [4.78, 5) is 14.7. The largest absolute Gasteiger partial charge is 0.345 e. The molecule has 140 valence electrons. The van der Waals surface area contributed by atoms with E-state index >= 15 is 0 Å². The minimum absolute atomic E-state index is 0.0762. The highest BCUT2D eigenvalue weighted by Gasteiger charge is 2.29. The van der Waals surface area contributed by atoms with Crippen LogP contribution in [0.4, 0.5) is 0 Å². The maximum Gasteiger partial charge on any atom is 0.281 e. The number of allylic oxidation sites excluding steroid dienone is 1. The first-order chi connectivity index (χ1) is 11.7. The van der Waals surface area contributed by atoms with Crippen LogP contribution >= 0.6 is 0 Å². The number of nitrogens with zero attached hydrogens (tertiary/aromatic N) is 4. The number of carbonyl (C=O) groups excluding carboxylic acids is 1. The van der Waals surface area contributed by atoms with Crippen LogP contribution in [0.1, 0.15) is 21.7 Å². The number of hydrogen-bond donors (Lipinski definition) is 0. The predicted octanol–water partition coefficient (Wildman–Crippen LogP) is 0.898. The molecule has 0 N–H and O–H groups in total. The molecule has 7 nitrogen and oxygen atoms in total. The molecule has 1 aliphatic rings. The number of aromatic nitrogens is 1. The van der Waals surface area contributed by atoms with Crippen molar-refractivity contribution >= 4 is 16.0 Å². The van der Waals surface area contributed by atoms with Crippen LogP contribution in [0, 0.1) is 13.8 Å². The first-order valence-corrected chi connectivity index (χ1v) is 9.79. The van der Waals surface area contributed by atoms with Crippen LogP contribution in [0.2, 0.25) is 0 Å². The number of Topliss-reactive ketones (excluding diaryl/α,β-unsaturated/α-hetero) is 1. The van der Waals surface area contributed by atoms with Crippen molar-refractivity contribution in [2.24, 2.45) is 0 Å². The highest BCUT2D eigenvalue weighted by atomic mass is 32.2. The summed E-state index contributed by atoms with van der Waals surface area (Å²) < 4.78 is 29.0. The lowest BCUT2D eigenvalue weighted by Gasteiger charge is -2.34. The summed E-state index contributed by atoms with van der Waals surface area (Å²) in [6.07, 6.45) is 1.82. The van der Waals surface area contributed by atoms with Crippen molar-refractivity contribution in [3.8, 4) is 0 Å². The molecule has 0 bridgehead atoms. The Morgan fingerprint density at radius 3 is 2.36 bits per heavy atom. The number of hydrogen-bond acceptors (Lipinski definition) is 4. The van der Waals surface area contributed by atoms with Gasteiger partial charge in [-0.2, -0.15) is 17.0 Å². The summed E-state index contributed by atoms with van der Waals surface area (Å²) in [6.45, 7) is 10.6. The molecule has 0 radical (unpaired) electrons. The molecule has 0 atom stereocenters. The van der Waals surface area contributed by atoms with Crippen molar-refractivity contribution in [1.29, 1.82) is 0 Å². The van der Waals surface area contributed by atoms with Crippen molar-refractivity contribution < 1.29 is 13.2 Å². The highest BCUT2D eigenvalue weighted by molar-refractivity contribution is 7.86. The van der Waals surface area contributed by atoms with Crippen LogP contribution in [0.3, 0.4) is 0 Å². The van der Waals surface area contributed by atoms with Crippen molar-refractivity contribution in [3.05, 3.63) is 35.7 Å². The van der Waals surface area contributed by atoms with Gasteiger partial charge in [-0.3, -0.25) is 9.69 Å². The third kappa shape index (κ3) is 4.20. The number of aryl methyl sites for hydroxylation is 1. The van der Waals surface area contributed by atoms with Gasteiger partial charge in [0.2, 0.25) is 0 Å². The second kappa shape index (κ2) is 7.82. The van der Waals surface area contributed by atoms with E-state index in [-0.39, 0.29) is 5.78 Å². The zero-order valence-electron chi connectivity index (χ0n) is 15.5. The van der Waals surface area contributed by atoms with Crippen LogP contribution in [0.5, 0.6) is 0 Å². The highest BCUT2D eigenvalue weighted by Crippen LogP contribution is 2.17. The Kier molecular flexibility index (Phi) is 6.21. The van der Waals surface area contributed by atoms with E-state index in [0.717, 1.165) is 17.0 Å². The van der Waals surface area contributed by atoms with Gasteiger partial charge in [0.25, 0.3) is 10.2 Å². The molecule has 1 aromatic heterocycles. The van der Waals surface area contributed by atoms with Crippen molar-refractivity contribution in [2.45, 2.75) is 20.4 Å². The minimum atomic E-state index is -3.38. The lowest BCUT2D eigenvalue weighted by Crippen LogP contribution is -2.52. The van der Waals surface area contributed by atoms with Gasteiger partial charge < -0.3 is 4.57 Å². The normalized spacial score (nSPS) is 17.2. The van der Waals surface area contributed by atoms with Gasteiger partial charge in [0.05, 0.1) is 6.54 Å². The maximum atomic E-state index is 12.7. The van der Waals surface area contributed by atoms with Crippen LogP contribution in [0.15, 0.2) is 18.7 Å². The van der Waals surface area contributed by atoms with Gasteiger partial charge in [0, 0.05) is 63.8 Å². The maximum absolute atomic E-state index is 12.7. The molecule has 0 amide bonds. The number of carbonyl (C=O) groups is 1. The quantitative estimate of drug-likeness (QED) is 0.530. The molecular weight excluding hydrogens is 340 g/mol. The van der Waals surface area contributed by atoms with Crippen LogP contribution in [-0.4, -0.2) is 79.1 Å². The number of ketones is 1. The van der Waals surface area contributed by atoms with E-state index in [4.69, 9.17) is 0 Å². The van der Waals surface area contributed by atoms with E-state index in [9.17, 15) is 13.2 Å². The number of piperazine rings is 1. The summed E-state index contributed by atoms with van der Waals surface area (Å²) in [6, 6.07) is 1.92. The predicted molar refractivity (Wildman–Crippen MR) is 99.1 cm³/mol. The van der Waals surface area contributed by atoms with Gasteiger partial charge in [-0.05, 0) is 19.9 Å². The molecule has 2 heterocycles.